The second kappa shape index (κ2) is 15.5. The molecule has 9 nitrogen and oxygen atoms in total. The standard InChI is InChI=1S/C21H32FN3OS.C16H21N3O2/c1-15(2)13-25-18(26)14-27-20(25)16-7-6-8-17(22)19(16)23-9-11-24(12-10-23)21(3,4)5;1-12(20)18-9-7-14(8-10-18)19-11-6-13-4-2-3-5-15(13)17-16(19)21/h6-8,15,20H,9-14H2,1-5H3;2-5,14H,6-11H2,1H3,(H,17,21). The molecule has 4 aliphatic rings. The van der Waals surface area contributed by atoms with Crippen LogP contribution < -0.4 is 10.2 Å². The number of nitrogens with zero attached hydrogens (tertiary/aromatic N) is 5. The molecule has 0 bridgehead atoms. The number of amides is 4. The highest BCUT2D eigenvalue weighted by atomic mass is 32.2. The van der Waals surface area contributed by atoms with Crippen LogP contribution in [-0.4, -0.2) is 107 Å². The molecule has 262 valence electrons. The van der Waals surface area contributed by atoms with Gasteiger partial charge in [-0.05, 0) is 63.6 Å². The summed E-state index contributed by atoms with van der Waals surface area (Å²) in [7, 11) is 0. The van der Waals surface area contributed by atoms with Gasteiger partial charge < -0.3 is 24.9 Å². The van der Waals surface area contributed by atoms with Crippen LogP contribution in [0.5, 0.6) is 0 Å². The van der Waals surface area contributed by atoms with Crippen LogP contribution in [0.25, 0.3) is 0 Å². The van der Waals surface area contributed by atoms with Crippen molar-refractivity contribution in [2.45, 2.75) is 77.8 Å². The average molecular weight is 681 g/mol. The maximum Gasteiger partial charge on any atom is 0.322 e. The Morgan fingerprint density at radius 1 is 0.958 bits per heavy atom. The van der Waals surface area contributed by atoms with Crippen LogP contribution in [0.3, 0.4) is 0 Å². The molecule has 48 heavy (non-hydrogen) atoms. The summed E-state index contributed by atoms with van der Waals surface area (Å²) in [4.78, 5) is 46.6. The Bertz CT molecular complexity index is 1450. The second-order valence-corrected chi connectivity index (χ2v) is 15.8. The number of halogens is 1. The number of urea groups is 1. The Hall–Kier alpha value is -3.31. The van der Waals surface area contributed by atoms with E-state index in [4.69, 9.17) is 0 Å². The SMILES string of the molecule is CC(=O)N1CCC(N2CCc3ccccc3NC2=O)CC1.CC(C)CN1C(=O)CSC1c1cccc(F)c1N1CCN(C(C)(C)C)CC1. The summed E-state index contributed by atoms with van der Waals surface area (Å²) in [5, 5.41) is 2.92. The van der Waals surface area contributed by atoms with E-state index in [1.165, 1.54) is 5.56 Å². The lowest BCUT2D eigenvalue weighted by atomic mass is 10.0. The van der Waals surface area contributed by atoms with Crippen LogP contribution in [0.2, 0.25) is 0 Å². The highest BCUT2D eigenvalue weighted by Crippen LogP contribution is 2.44. The quantitative estimate of drug-likeness (QED) is 0.414. The number of rotatable bonds is 5. The lowest BCUT2D eigenvalue weighted by Gasteiger charge is -2.43. The predicted octanol–water partition coefficient (Wildman–Crippen LogP) is 6.06. The third kappa shape index (κ3) is 8.45. The van der Waals surface area contributed by atoms with Crippen molar-refractivity contribution in [2.24, 2.45) is 5.92 Å². The number of anilines is 2. The van der Waals surface area contributed by atoms with Gasteiger partial charge in [-0.2, -0.15) is 0 Å². The van der Waals surface area contributed by atoms with Gasteiger partial charge in [-0.3, -0.25) is 14.5 Å². The third-order valence-electron chi connectivity index (χ3n) is 9.85. The summed E-state index contributed by atoms with van der Waals surface area (Å²) in [6, 6.07) is 13.5. The molecular weight excluding hydrogens is 628 g/mol. The Kier molecular flexibility index (Phi) is 11.6. The van der Waals surface area contributed by atoms with E-state index in [0.29, 0.717) is 23.9 Å². The number of para-hydroxylation sites is 2. The number of likely N-dealkylation sites (tertiary alicyclic amines) is 1. The van der Waals surface area contributed by atoms with Crippen molar-refractivity contribution >= 4 is 41.0 Å². The first-order valence-electron chi connectivity index (χ1n) is 17.4. The summed E-state index contributed by atoms with van der Waals surface area (Å²) in [5.41, 5.74) is 3.87. The van der Waals surface area contributed by atoms with Crippen molar-refractivity contribution in [1.82, 2.24) is 19.6 Å². The van der Waals surface area contributed by atoms with Crippen molar-refractivity contribution in [3.63, 3.8) is 0 Å². The maximum atomic E-state index is 14.9. The number of hydrogen-bond donors (Lipinski definition) is 1. The third-order valence-corrected chi connectivity index (χ3v) is 11.1. The number of piperazine rings is 1. The van der Waals surface area contributed by atoms with Crippen LogP contribution >= 0.6 is 11.8 Å². The number of nitrogens with one attached hydrogen (secondary N) is 1. The Labute approximate surface area is 290 Å². The lowest BCUT2D eigenvalue weighted by Crippen LogP contribution is -2.53. The molecule has 0 radical (unpaired) electrons. The fraction of sp³-hybridized carbons (Fsp3) is 0.595. The van der Waals surface area contributed by atoms with E-state index in [2.05, 4.69) is 55.8 Å². The van der Waals surface area contributed by atoms with Gasteiger partial charge in [-0.15, -0.1) is 11.8 Å². The van der Waals surface area contributed by atoms with E-state index in [1.54, 1.807) is 30.8 Å². The molecule has 1 unspecified atom stereocenters. The molecule has 4 amide bonds. The number of benzene rings is 2. The van der Waals surface area contributed by atoms with Crippen LogP contribution in [0, 0.1) is 11.7 Å². The fourth-order valence-electron chi connectivity index (χ4n) is 7.20. The molecule has 1 N–H and O–H groups in total. The fourth-order valence-corrected chi connectivity index (χ4v) is 8.42. The zero-order chi connectivity index (χ0) is 34.6. The number of thioether (sulfide) groups is 1. The molecule has 3 fully saturated rings. The number of carbonyl (C=O) groups excluding carboxylic acids is 3. The molecule has 0 aliphatic carbocycles. The molecule has 4 heterocycles. The molecule has 2 aromatic carbocycles. The number of hydrogen-bond acceptors (Lipinski definition) is 6. The molecule has 0 saturated carbocycles. The van der Waals surface area contributed by atoms with Crippen LogP contribution in [0.1, 0.15) is 70.9 Å². The van der Waals surface area contributed by atoms with E-state index < -0.39 is 0 Å². The highest BCUT2D eigenvalue weighted by molar-refractivity contribution is 8.00. The molecule has 0 aromatic heterocycles. The molecular formula is C37H53FN6O3S. The van der Waals surface area contributed by atoms with Crippen LogP contribution in [0.15, 0.2) is 42.5 Å². The zero-order valence-electron chi connectivity index (χ0n) is 29.5. The van der Waals surface area contributed by atoms with Gasteiger partial charge in [0.15, 0.2) is 0 Å². The van der Waals surface area contributed by atoms with Crippen LogP contribution in [-0.2, 0) is 16.0 Å². The van der Waals surface area contributed by atoms with Gasteiger partial charge >= 0.3 is 6.03 Å². The maximum absolute atomic E-state index is 14.9. The smallest absolute Gasteiger partial charge is 0.322 e. The van der Waals surface area contributed by atoms with E-state index in [9.17, 15) is 18.8 Å². The number of fused-ring (bicyclic) bond motifs is 1. The molecule has 6 rings (SSSR count). The van der Waals surface area contributed by atoms with Gasteiger partial charge in [0, 0.05) is 82.1 Å². The van der Waals surface area contributed by atoms with Crippen molar-refractivity contribution in [3.8, 4) is 0 Å². The Morgan fingerprint density at radius 2 is 1.65 bits per heavy atom. The van der Waals surface area contributed by atoms with Crippen molar-refractivity contribution < 1.29 is 18.8 Å². The molecule has 2 aromatic rings. The normalized spacial score (nSPS) is 21.1. The van der Waals surface area contributed by atoms with Gasteiger partial charge in [0.1, 0.15) is 11.2 Å². The predicted molar refractivity (Wildman–Crippen MR) is 193 cm³/mol. The topological polar surface area (TPSA) is 79.4 Å². The Morgan fingerprint density at radius 3 is 2.29 bits per heavy atom. The summed E-state index contributed by atoms with van der Waals surface area (Å²) in [6.45, 7) is 18.9. The first kappa shape index (κ1) is 36.0. The van der Waals surface area contributed by atoms with E-state index in [1.807, 2.05) is 39.0 Å². The minimum absolute atomic E-state index is 0.0128. The van der Waals surface area contributed by atoms with E-state index in [0.717, 1.165) is 76.3 Å². The number of piperidine rings is 1. The minimum Gasteiger partial charge on any atom is -0.366 e. The Balaban J connectivity index is 0.000000194. The molecule has 3 saturated heterocycles. The summed E-state index contributed by atoms with van der Waals surface area (Å²) < 4.78 is 14.9. The molecule has 1 atom stereocenters. The van der Waals surface area contributed by atoms with E-state index >= 15 is 0 Å². The van der Waals surface area contributed by atoms with Gasteiger partial charge in [0.25, 0.3) is 0 Å². The van der Waals surface area contributed by atoms with Gasteiger partial charge in [-0.1, -0.05) is 44.2 Å². The van der Waals surface area contributed by atoms with Crippen molar-refractivity contribution in [3.05, 3.63) is 59.4 Å². The molecule has 4 aliphatic heterocycles. The van der Waals surface area contributed by atoms with Gasteiger partial charge in [0.2, 0.25) is 11.8 Å². The lowest BCUT2D eigenvalue weighted by molar-refractivity contribution is -0.130. The van der Waals surface area contributed by atoms with Crippen molar-refractivity contribution in [2.75, 3.05) is 68.3 Å². The molecule has 0 spiro atoms. The zero-order valence-corrected chi connectivity index (χ0v) is 30.3. The first-order valence-corrected chi connectivity index (χ1v) is 18.5. The highest BCUT2D eigenvalue weighted by Gasteiger charge is 2.37. The van der Waals surface area contributed by atoms with Crippen molar-refractivity contribution in [1.29, 1.82) is 0 Å². The average Bonchev–Trinajstić information content (AvgIpc) is 3.30. The largest absolute Gasteiger partial charge is 0.366 e. The second-order valence-electron chi connectivity index (χ2n) is 14.7. The summed E-state index contributed by atoms with van der Waals surface area (Å²) in [5.74, 6) is 0.974. The monoisotopic (exact) mass is 680 g/mol. The molecule has 11 heteroatoms. The van der Waals surface area contributed by atoms with Crippen LogP contribution in [0.4, 0.5) is 20.6 Å². The summed E-state index contributed by atoms with van der Waals surface area (Å²) >= 11 is 1.62. The first-order chi connectivity index (χ1) is 22.8. The van der Waals surface area contributed by atoms with Gasteiger partial charge in [-0.25, -0.2) is 9.18 Å². The number of carbonyl (C=O) groups is 3. The van der Waals surface area contributed by atoms with Gasteiger partial charge in [0.05, 0.1) is 11.4 Å². The van der Waals surface area contributed by atoms with E-state index in [-0.39, 0.29) is 40.6 Å². The summed E-state index contributed by atoms with van der Waals surface area (Å²) in [6.07, 6.45) is 2.61. The minimum atomic E-state index is -0.179.